The van der Waals surface area contributed by atoms with Crippen molar-refractivity contribution >= 4 is 23.4 Å². The molecule has 4 atom stereocenters. The van der Waals surface area contributed by atoms with Gasteiger partial charge in [0.1, 0.15) is 17.1 Å². The van der Waals surface area contributed by atoms with Gasteiger partial charge in [-0.25, -0.2) is 0 Å². The van der Waals surface area contributed by atoms with Crippen LogP contribution in [-0.2, 0) is 23.9 Å². The van der Waals surface area contributed by atoms with Gasteiger partial charge >= 0.3 is 11.9 Å². The van der Waals surface area contributed by atoms with E-state index in [4.69, 9.17) is 9.47 Å². The molecule has 2 rings (SSSR count). The van der Waals surface area contributed by atoms with Gasteiger partial charge in [-0.2, -0.15) is 0 Å². The monoisotopic (exact) mass is 447 g/mol. The van der Waals surface area contributed by atoms with E-state index in [0.29, 0.717) is 5.56 Å². The first-order valence-corrected chi connectivity index (χ1v) is 10.9. The van der Waals surface area contributed by atoms with Crippen LogP contribution in [0.3, 0.4) is 0 Å². The average Bonchev–Trinajstić information content (AvgIpc) is 2.56. The number of carbonyl (C=O) groups excluding carboxylic acids is 3. The lowest BCUT2D eigenvalue weighted by Gasteiger charge is -2.44. The van der Waals surface area contributed by atoms with Crippen LogP contribution in [0, 0.1) is 11.8 Å². The third kappa shape index (κ3) is 6.09. The highest BCUT2D eigenvalue weighted by Gasteiger charge is 2.57. The molecule has 0 aromatic heterocycles. The van der Waals surface area contributed by atoms with Gasteiger partial charge in [-0.05, 0) is 66.2 Å². The number of Topliss-reactive ketones (excluding diaryl/α,β-unsaturated/α-hetero) is 1. The summed E-state index contributed by atoms with van der Waals surface area (Å²) in [5.41, 5.74) is -1.77. The second-order valence-corrected chi connectivity index (χ2v) is 11.0. The molecule has 7 nitrogen and oxygen atoms in total. The van der Waals surface area contributed by atoms with Gasteiger partial charge in [-0.15, -0.1) is 0 Å². The Balaban J connectivity index is 2.64. The maximum atomic E-state index is 13.3. The van der Waals surface area contributed by atoms with Crippen LogP contribution in [0.1, 0.15) is 66.4 Å². The molecule has 0 spiro atoms. The fraction of sp³-hybridized carbons (Fsp3) is 0.640. The molecule has 1 aliphatic rings. The molecular weight excluding hydrogens is 410 g/mol. The normalized spacial score (nSPS) is 26.4. The number of benzene rings is 1. The molecule has 0 radical (unpaired) electrons. The average molecular weight is 448 g/mol. The first-order valence-electron chi connectivity index (χ1n) is 10.9. The van der Waals surface area contributed by atoms with Crippen molar-refractivity contribution < 1.29 is 29.0 Å². The number of esters is 2. The molecule has 0 saturated heterocycles. The lowest BCUT2D eigenvalue weighted by molar-refractivity contribution is -0.182. The van der Waals surface area contributed by atoms with E-state index in [1.54, 1.807) is 53.7 Å². The molecule has 1 N–H and O–H groups in total. The van der Waals surface area contributed by atoms with Crippen molar-refractivity contribution in [3.05, 3.63) is 29.8 Å². The minimum atomic E-state index is -1.68. The Morgan fingerprint density at radius 1 is 0.969 bits per heavy atom. The first-order chi connectivity index (χ1) is 14.4. The number of hydrogen-bond donors (Lipinski definition) is 1. The Morgan fingerprint density at radius 3 is 1.88 bits per heavy atom. The van der Waals surface area contributed by atoms with E-state index < -0.39 is 52.3 Å². The SMILES string of the molecule is CN(C)c1ccc([C@@H]2[C@H](C(=O)OC(C)(C)C)C(=O)C[C@](C)(O)[C@@H]2C(=O)OC(C)(C)C)cc1. The van der Waals surface area contributed by atoms with Gasteiger partial charge in [0.2, 0.25) is 0 Å². The number of carbonyl (C=O) groups is 3. The van der Waals surface area contributed by atoms with Gasteiger partial charge in [0.15, 0.2) is 5.78 Å². The second kappa shape index (κ2) is 8.85. The van der Waals surface area contributed by atoms with Crippen LogP contribution in [0.25, 0.3) is 0 Å². The molecule has 0 bridgehead atoms. The topological polar surface area (TPSA) is 93.1 Å². The summed E-state index contributed by atoms with van der Waals surface area (Å²) >= 11 is 0. The van der Waals surface area contributed by atoms with Crippen LogP contribution in [-0.4, -0.2) is 53.7 Å². The van der Waals surface area contributed by atoms with Crippen molar-refractivity contribution in [3.8, 4) is 0 Å². The molecule has 0 heterocycles. The minimum Gasteiger partial charge on any atom is -0.460 e. The summed E-state index contributed by atoms with van der Waals surface area (Å²) in [7, 11) is 3.80. The fourth-order valence-electron chi connectivity index (χ4n) is 4.14. The summed E-state index contributed by atoms with van der Waals surface area (Å²) in [6.07, 6.45) is -0.340. The van der Waals surface area contributed by atoms with E-state index in [1.165, 1.54) is 6.92 Å². The molecule has 0 amide bonds. The Kier molecular flexibility index (Phi) is 7.15. The number of ketones is 1. The molecule has 0 aliphatic heterocycles. The lowest BCUT2D eigenvalue weighted by atomic mass is 9.61. The summed E-state index contributed by atoms with van der Waals surface area (Å²) in [6.45, 7) is 11.8. The van der Waals surface area contributed by atoms with Crippen LogP contribution in [0.5, 0.6) is 0 Å². The van der Waals surface area contributed by atoms with Crippen molar-refractivity contribution in [2.45, 2.75) is 77.6 Å². The maximum absolute atomic E-state index is 13.3. The van der Waals surface area contributed by atoms with E-state index in [2.05, 4.69) is 0 Å². The Bertz CT molecular complexity index is 858. The molecule has 32 heavy (non-hydrogen) atoms. The smallest absolute Gasteiger partial charge is 0.317 e. The molecule has 178 valence electrons. The van der Waals surface area contributed by atoms with Gasteiger partial charge in [-0.1, -0.05) is 12.1 Å². The highest BCUT2D eigenvalue weighted by Crippen LogP contribution is 2.47. The summed E-state index contributed by atoms with van der Waals surface area (Å²) in [6, 6.07) is 7.26. The Labute approximate surface area is 191 Å². The van der Waals surface area contributed by atoms with Gasteiger partial charge in [0.25, 0.3) is 0 Å². The summed E-state index contributed by atoms with van der Waals surface area (Å²) < 4.78 is 11.2. The van der Waals surface area contributed by atoms with Crippen LogP contribution in [0.4, 0.5) is 5.69 Å². The molecule has 1 aromatic carbocycles. The molecule has 1 fully saturated rings. The standard InChI is InChI=1S/C25H37NO6/c1-23(2,3)31-21(28)19-17(27)14-25(7,30)20(22(29)32-24(4,5)6)18(19)15-10-12-16(13-11-15)26(8)9/h10-13,18-20,30H,14H2,1-9H3/t18-,19-,20+,25+/m1/s1. The van der Waals surface area contributed by atoms with Crippen molar-refractivity contribution in [2.75, 3.05) is 19.0 Å². The fourth-order valence-corrected chi connectivity index (χ4v) is 4.14. The van der Waals surface area contributed by atoms with Crippen LogP contribution in [0.2, 0.25) is 0 Å². The van der Waals surface area contributed by atoms with Gasteiger partial charge in [0, 0.05) is 32.1 Å². The number of nitrogens with zero attached hydrogens (tertiary/aromatic N) is 1. The third-order valence-corrected chi connectivity index (χ3v) is 5.38. The van der Waals surface area contributed by atoms with Crippen molar-refractivity contribution in [2.24, 2.45) is 11.8 Å². The maximum Gasteiger partial charge on any atom is 0.317 e. The number of hydrogen-bond acceptors (Lipinski definition) is 7. The van der Waals surface area contributed by atoms with Crippen molar-refractivity contribution in [3.63, 3.8) is 0 Å². The van der Waals surface area contributed by atoms with E-state index in [1.807, 2.05) is 31.1 Å². The first kappa shape index (κ1) is 25.8. The molecule has 0 unspecified atom stereocenters. The predicted octanol–water partition coefficient (Wildman–Crippen LogP) is 3.48. The number of aliphatic hydroxyl groups is 1. The summed E-state index contributed by atoms with van der Waals surface area (Å²) in [5, 5.41) is 11.2. The summed E-state index contributed by atoms with van der Waals surface area (Å²) in [5.74, 6) is -5.07. The Hall–Kier alpha value is -2.41. The number of rotatable bonds is 4. The Morgan fingerprint density at radius 2 is 1.44 bits per heavy atom. The summed E-state index contributed by atoms with van der Waals surface area (Å²) in [4.78, 5) is 41.5. The predicted molar refractivity (Wildman–Crippen MR) is 122 cm³/mol. The molecule has 1 saturated carbocycles. The van der Waals surface area contributed by atoms with Crippen molar-refractivity contribution in [1.82, 2.24) is 0 Å². The van der Waals surface area contributed by atoms with E-state index in [-0.39, 0.29) is 6.42 Å². The zero-order valence-corrected chi connectivity index (χ0v) is 20.7. The van der Waals surface area contributed by atoms with Crippen LogP contribution < -0.4 is 4.90 Å². The quantitative estimate of drug-likeness (QED) is 0.558. The number of anilines is 1. The van der Waals surface area contributed by atoms with Crippen LogP contribution in [0.15, 0.2) is 24.3 Å². The molecular formula is C25H37NO6. The lowest BCUT2D eigenvalue weighted by Crippen LogP contribution is -2.56. The van der Waals surface area contributed by atoms with Crippen LogP contribution >= 0.6 is 0 Å². The zero-order chi connectivity index (χ0) is 24.6. The third-order valence-electron chi connectivity index (χ3n) is 5.38. The van der Waals surface area contributed by atoms with E-state index in [0.717, 1.165) is 5.69 Å². The highest BCUT2D eigenvalue weighted by molar-refractivity contribution is 6.03. The van der Waals surface area contributed by atoms with Crippen molar-refractivity contribution in [1.29, 1.82) is 0 Å². The molecule has 1 aliphatic carbocycles. The largest absolute Gasteiger partial charge is 0.460 e. The zero-order valence-electron chi connectivity index (χ0n) is 20.7. The highest BCUT2D eigenvalue weighted by atomic mass is 16.6. The van der Waals surface area contributed by atoms with E-state index in [9.17, 15) is 19.5 Å². The van der Waals surface area contributed by atoms with Gasteiger partial charge < -0.3 is 19.5 Å². The van der Waals surface area contributed by atoms with Gasteiger partial charge in [-0.3, -0.25) is 14.4 Å². The molecule has 7 heteroatoms. The second-order valence-electron chi connectivity index (χ2n) is 11.0. The number of ether oxygens (including phenoxy) is 2. The van der Waals surface area contributed by atoms with E-state index >= 15 is 0 Å². The van der Waals surface area contributed by atoms with Gasteiger partial charge in [0.05, 0.1) is 11.5 Å². The minimum absolute atomic E-state index is 0.340. The molecule has 1 aromatic rings.